The molecule has 1 N–H and O–H groups in total. The number of nitrogens with one attached hydrogen (secondary N) is 1. The molecule has 3 rings (SSSR count). The Morgan fingerprint density at radius 1 is 1.05 bits per heavy atom. The number of allylic oxidation sites excluding steroid dienone is 2. The van der Waals surface area contributed by atoms with Gasteiger partial charge in [-0.2, -0.15) is 0 Å². The average Bonchev–Trinajstić information content (AvgIpc) is 2.49. The van der Waals surface area contributed by atoms with E-state index in [-0.39, 0.29) is 5.56 Å². The Morgan fingerprint density at radius 2 is 1.89 bits per heavy atom. The van der Waals surface area contributed by atoms with Crippen LogP contribution >= 0.6 is 0 Å². The fraction of sp³-hybridized carbons (Fsp3) is 0.0625. The van der Waals surface area contributed by atoms with Gasteiger partial charge in [0.15, 0.2) is 0 Å². The normalized spacial score (nSPS) is 14.3. The van der Waals surface area contributed by atoms with Crippen LogP contribution in [-0.2, 0) is 0 Å². The summed E-state index contributed by atoms with van der Waals surface area (Å²) < 4.78 is 0. The number of hydrogen-bond donors (Lipinski definition) is 1. The molecule has 3 nitrogen and oxygen atoms in total. The van der Waals surface area contributed by atoms with Gasteiger partial charge in [-0.05, 0) is 24.3 Å². The van der Waals surface area contributed by atoms with Gasteiger partial charge in [-0.25, -0.2) is 0 Å². The molecule has 1 aliphatic rings. The van der Waals surface area contributed by atoms with Crippen molar-refractivity contribution < 1.29 is 0 Å². The van der Waals surface area contributed by atoms with Crippen molar-refractivity contribution in [3.63, 3.8) is 0 Å². The Kier molecular flexibility index (Phi) is 3.02. The maximum atomic E-state index is 11.2. The van der Waals surface area contributed by atoms with Gasteiger partial charge < -0.3 is 9.88 Å². The summed E-state index contributed by atoms with van der Waals surface area (Å²) in [5.74, 6) is 0. The third-order valence-corrected chi connectivity index (χ3v) is 3.12. The molecule has 1 aliphatic heterocycles. The third kappa shape index (κ3) is 2.36. The van der Waals surface area contributed by atoms with Crippen LogP contribution in [0.1, 0.15) is 5.56 Å². The van der Waals surface area contributed by atoms with Crippen LogP contribution < -0.4 is 10.5 Å². The van der Waals surface area contributed by atoms with Crippen LogP contribution in [0.4, 0.5) is 5.69 Å². The van der Waals surface area contributed by atoms with Crippen molar-refractivity contribution in [1.29, 1.82) is 0 Å². The fourth-order valence-corrected chi connectivity index (χ4v) is 2.19. The number of para-hydroxylation sites is 1. The summed E-state index contributed by atoms with van der Waals surface area (Å²) in [6.07, 6.45) is 7.97. The summed E-state index contributed by atoms with van der Waals surface area (Å²) in [4.78, 5) is 16.1. The molecule has 2 heterocycles. The van der Waals surface area contributed by atoms with E-state index in [1.165, 1.54) is 0 Å². The Labute approximate surface area is 111 Å². The second kappa shape index (κ2) is 4.98. The maximum absolute atomic E-state index is 11.2. The van der Waals surface area contributed by atoms with Crippen molar-refractivity contribution in [3.05, 3.63) is 82.8 Å². The van der Waals surface area contributed by atoms with E-state index in [2.05, 4.69) is 34.2 Å². The van der Waals surface area contributed by atoms with Crippen molar-refractivity contribution in [2.24, 2.45) is 0 Å². The van der Waals surface area contributed by atoms with E-state index in [0.717, 1.165) is 23.5 Å². The molecule has 0 atom stereocenters. The molecule has 2 aromatic rings. The van der Waals surface area contributed by atoms with Crippen LogP contribution in [0.15, 0.2) is 71.7 Å². The Balaban J connectivity index is 2.02. The van der Waals surface area contributed by atoms with E-state index in [9.17, 15) is 4.79 Å². The van der Waals surface area contributed by atoms with Gasteiger partial charge in [-0.3, -0.25) is 4.79 Å². The fourth-order valence-electron chi connectivity index (χ4n) is 2.19. The highest BCUT2D eigenvalue weighted by molar-refractivity contribution is 5.81. The number of pyridine rings is 1. The Hall–Kier alpha value is -2.55. The van der Waals surface area contributed by atoms with Crippen LogP contribution in [0.3, 0.4) is 0 Å². The lowest BCUT2D eigenvalue weighted by Gasteiger charge is -2.28. The number of aromatic nitrogens is 1. The minimum atomic E-state index is -0.0815. The van der Waals surface area contributed by atoms with Crippen molar-refractivity contribution in [2.75, 3.05) is 11.4 Å². The highest BCUT2D eigenvalue weighted by Gasteiger charge is 2.14. The summed E-state index contributed by atoms with van der Waals surface area (Å²) in [6.45, 7) is 0.828. The highest BCUT2D eigenvalue weighted by Crippen LogP contribution is 2.27. The van der Waals surface area contributed by atoms with E-state index in [1.807, 2.05) is 30.3 Å². The Morgan fingerprint density at radius 3 is 2.63 bits per heavy atom. The van der Waals surface area contributed by atoms with E-state index >= 15 is 0 Å². The number of H-pyrrole nitrogens is 1. The van der Waals surface area contributed by atoms with Gasteiger partial charge in [-0.1, -0.05) is 30.4 Å². The number of aromatic amines is 1. The lowest BCUT2D eigenvalue weighted by atomic mass is 10.1. The van der Waals surface area contributed by atoms with Gasteiger partial charge in [-0.15, -0.1) is 0 Å². The molecule has 0 unspecified atom stereocenters. The van der Waals surface area contributed by atoms with Gasteiger partial charge >= 0.3 is 0 Å². The monoisotopic (exact) mass is 250 g/mol. The smallest absolute Gasteiger partial charge is 0.247 e. The molecular weight excluding hydrogens is 236 g/mol. The number of benzene rings is 1. The second-order valence-electron chi connectivity index (χ2n) is 4.37. The molecule has 0 saturated carbocycles. The van der Waals surface area contributed by atoms with Crippen molar-refractivity contribution in [2.45, 2.75) is 0 Å². The molecule has 0 aliphatic carbocycles. The number of nitrogens with zero attached hydrogens (tertiary/aromatic N) is 1. The van der Waals surface area contributed by atoms with Gasteiger partial charge in [0.2, 0.25) is 5.56 Å². The summed E-state index contributed by atoms with van der Waals surface area (Å²) >= 11 is 0. The Bertz CT molecular complexity index is 663. The van der Waals surface area contributed by atoms with Crippen molar-refractivity contribution in [3.8, 4) is 0 Å². The number of rotatable bonds is 2. The lowest BCUT2D eigenvalue weighted by molar-refractivity contribution is 1.08. The van der Waals surface area contributed by atoms with Crippen LogP contribution in [0, 0.1) is 0 Å². The van der Waals surface area contributed by atoms with Crippen LogP contribution in [-0.4, -0.2) is 11.5 Å². The zero-order valence-corrected chi connectivity index (χ0v) is 10.4. The zero-order valence-electron chi connectivity index (χ0n) is 10.4. The molecule has 0 radical (unpaired) electrons. The molecule has 0 fully saturated rings. The molecular formula is C16H14N2O. The molecule has 3 heteroatoms. The molecule has 0 spiro atoms. The number of hydrogen-bond acceptors (Lipinski definition) is 2. The van der Waals surface area contributed by atoms with E-state index in [0.29, 0.717) is 0 Å². The molecule has 0 bridgehead atoms. The second-order valence-corrected chi connectivity index (χ2v) is 4.37. The van der Waals surface area contributed by atoms with Crippen LogP contribution in [0.5, 0.6) is 0 Å². The SMILES string of the molecule is O=c1ccc(C2=CC=CCN2c2ccccc2)c[nH]1. The predicted molar refractivity (Wildman–Crippen MR) is 78.0 cm³/mol. The molecule has 0 saturated heterocycles. The first-order valence-corrected chi connectivity index (χ1v) is 6.23. The maximum Gasteiger partial charge on any atom is 0.247 e. The largest absolute Gasteiger partial charge is 0.337 e. The van der Waals surface area contributed by atoms with Gasteiger partial charge in [0.1, 0.15) is 0 Å². The molecule has 1 aromatic heterocycles. The van der Waals surface area contributed by atoms with Gasteiger partial charge in [0, 0.05) is 30.1 Å². The summed E-state index contributed by atoms with van der Waals surface area (Å²) in [6, 6.07) is 13.6. The summed E-state index contributed by atoms with van der Waals surface area (Å²) in [7, 11) is 0. The van der Waals surface area contributed by atoms with Crippen LogP contribution in [0.25, 0.3) is 5.70 Å². The topological polar surface area (TPSA) is 36.1 Å². The van der Waals surface area contributed by atoms with Gasteiger partial charge in [0.25, 0.3) is 0 Å². The quantitative estimate of drug-likeness (QED) is 0.889. The standard InChI is InChI=1S/C16H14N2O/c19-16-10-9-13(12-17-16)15-8-4-5-11-18(15)14-6-2-1-3-7-14/h1-10,12H,11H2,(H,17,19). The summed E-state index contributed by atoms with van der Waals surface area (Å²) in [5.41, 5.74) is 3.16. The van der Waals surface area contributed by atoms with E-state index in [1.54, 1.807) is 12.3 Å². The lowest BCUT2D eigenvalue weighted by Crippen LogP contribution is -2.23. The average molecular weight is 250 g/mol. The third-order valence-electron chi connectivity index (χ3n) is 3.12. The first-order chi connectivity index (χ1) is 9.34. The minimum absolute atomic E-state index is 0.0815. The first kappa shape index (κ1) is 11.5. The molecule has 0 amide bonds. The zero-order chi connectivity index (χ0) is 13.1. The predicted octanol–water partition coefficient (Wildman–Crippen LogP) is 2.79. The van der Waals surface area contributed by atoms with E-state index < -0.39 is 0 Å². The highest BCUT2D eigenvalue weighted by atomic mass is 16.1. The van der Waals surface area contributed by atoms with Gasteiger partial charge in [0.05, 0.1) is 5.70 Å². The first-order valence-electron chi connectivity index (χ1n) is 6.23. The van der Waals surface area contributed by atoms with E-state index in [4.69, 9.17) is 0 Å². The van der Waals surface area contributed by atoms with Crippen LogP contribution in [0.2, 0.25) is 0 Å². The molecule has 19 heavy (non-hydrogen) atoms. The van der Waals surface area contributed by atoms with Crippen molar-refractivity contribution in [1.82, 2.24) is 4.98 Å². The van der Waals surface area contributed by atoms with Crippen molar-refractivity contribution >= 4 is 11.4 Å². The summed E-state index contributed by atoms with van der Waals surface area (Å²) in [5, 5.41) is 0. The molecule has 94 valence electrons. The molecule has 1 aromatic carbocycles. The number of anilines is 1. The minimum Gasteiger partial charge on any atom is -0.337 e.